The molecule has 6 heteroatoms. The third-order valence-corrected chi connectivity index (χ3v) is 6.97. The molecule has 1 rings (SSSR count). The predicted octanol–water partition coefficient (Wildman–Crippen LogP) is 3.42. The van der Waals surface area contributed by atoms with Crippen LogP contribution in [0.15, 0.2) is 18.2 Å². The first kappa shape index (κ1) is 29.9. The molecule has 0 fully saturated rings. The Balaban J connectivity index is 0.00000841. The summed E-state index contributed by atoms with van der Waals surface area (Å²) in [6.45, 7) is 7.52. The Hall–Kier alpha value is -0.0700. The van der Waals surface area contributed by atoms with Gasteiger partial charge in [-0.2, -0.15) is 0 Å². The Morgan fingerprint density at radius 3 is 1.93 bits per heavy atom. The van der Waals surface area contributed by atoms with Crippen LogP contribution < -0.4 is 34.3 Å². The van der Waals surface area contributed by atoms with Gasteiger partial charge in [-0.3, -0.25) is 0 Å². The largest absolute Gasteiger partial charge is 1.00 e. The van der Waals surface area contributed by atoms with Crippen LogP contribution in [0.5, 0.6) is 5.75 Å². The molecule has 0 amide bonds. The second-order valence-corrected chi connectivity index (χ2v) is 10.0. The second-order valence-electron chi connectivity index (χ2n) is 8.29. The number of benzene rings is 1. The molecule has 168 valence electrons. The molecule has 0 saturated heterocycles. The van der Waals surface area contributed by atoms with E-state index in [1.54, 1.807) is 6.92 Å². The van der Waals surface area contributed by atoms with Crippen LogP contribution in [0, 0.1) is 0 Å². The molecule has 0 aliphatic heterocycles. The van der Waals surface area contributed by atoms with Crippen molar-refractivity contribution in [3.63, 3.8) is 0 Å². The van der Waals surface area contributed by atoms with E-state index in [1.165, 1.54) is 70.3 Å². The van der Waals surface area contributed by atoms with Crippen LogP contribution in [-0.2, 0) is 23.0 Å². The second kappa shape index (κ2) is 16.5. The fourth-order valence-corrected chi connectivity index (χ4v) is 4.01. The Bertz CT molecular complexity index is 676. The summed E-state index contributed by atoms with van der Waals surface area (Å²) in [4.78, 5) is 0. The topological polar surface area (TPSA) is 66.4 Å². The SMILES string of the molecule is CCCCCCCc1ccc(OC(C)C(C)S(=O)(=O)[O-])c(CCCCCCC)c1.[Na+]. The summed E-state index contributed by atoms with van der Waals surface area (Å²) in [5.41, 5.74) is 2.45. The van der Waals surface area contributed by atoms with Gasteiger partial charge in [-0.1, -0.05) is 77.3 Å². The van der Waals surface area contributed by atoms with Crippen LogP contribution in [0.1, 0.15) is 103 Å². The molecule has 0 heterocycles. The third kappa shape index (κ3) is 12.1. The Morgan fingerprint density at radius 1 is 0.867 bits per heavy atom. The van der Waals surface area contributed by atoms with E-state index in [4.69, 9.17) is 4.74 Å². The smallest absolute Gasteiger partial charge is 0.748 e. The molecular weight excluding hydrogens is 407 g/mol. The number of aryl methyl sites for hydroxylation is 2. The third-order valence-electron chi connectivity index (χ3n) is 5.67. The standard InChI is InChI=1S/C24H42O4S.Na/c1-5-7-9-11-13-15-22-17-18-24(28-20(3)21(4)29(25,26)27)23(19-22)16-14-12-10-8-6-2;/h17-21H,5-16H2,1-4H3,(H,25,26,27);/q;+1/p-1. The van der Waals surface area contributed by atoms with E-state index in [1.807, 2.05) is 6.07 Å². The summed E-state index contributed by atoms with van der Waals surface area (Å²) in [6.07, 6.45) is 13.6. The molecule has 0 N–H and O–H groups in total. The monoisotopic (exact) mass is 448 g/mol. The zero-order chi connectivity index (χ0) is 21.7. The first-order valence-electron chi connectivity index (χ1n) is 11.5. The van der Waals surface area contributed by atoms with Crippen molar-refractivity contribution in [2.75, 3.05) is 0 Å². The van der Waals surface area contributed by atoms with E-state index in [2.05, 4.69) is 26.0 Å². The number of ether oxygens (including phenoxy) is 1. The molecule has 4 nitrogen and oxygen atoms in total. The van der Waals surface area contributed by atoms with Crippen molar-refractivity contribution in [3.05, 3.63) is 29.3 Å². The molecule has 0 saturated carbocycles. The predicted molar refractivity (Wildman–Crippen MR) is 121 cm³/mol. The van der Waals surface area contributed by atoms with Crippen molar-refractivity contribution in [3.8, 4) is 5.75 Å². The minimum absolute atomic E-state index is 0. The molecule has 2 atom stereocenters. The van der Waals surface area contributed by atoms with Crippen LogP contribution in [0.3, 0.4) is 0 Å². The van der Waals surface area contributed by atoms with Crippen molar-refractivity contribution in [1.29, 1.82) is 0 Å². The van der Waals surface area contributed by atoms with E-state index >= 15 is 0 Å². The zero-order valence-corrected chi connectivity index (χ0v) is 22.7. The molecular formula is C24H41NaO4S. The van der Waals surface area contributed by atoms with Crippen molar-refractivity contribution < 1.29 is 47.3 Å². The van der Waals surface area contributed by atoms with Gasteiger partial charge in [0.15, 0.2) is 0 Å². The van der Waals surface area contributed by atoms with Crippen LogP contribution in [0.2, 0.25) is 0 Å². The van der Waals surface area contributed by atoms with Gasteiger partial charge < -0.3 is 9.29 Å². The van der Waals surface area contributed by atoms with Crippen molar-refractivity contribution in [2.24, 2.45) is 0 Å². The number of hydrogen-bond acceptors (Lipinski definition) is 4. The van der Waals surface area contributed by atoms with Gasteiger partial charge in [0.25, 0.3) is 0 Å². The average Bonchev–Trinajstić information content (AvgIpc) is 2.67. The average molecular weight is 449 g/mol. The summed E-state index contributed by atoms with van der Waals surface area (Å²) in [6, 6.07) is 6.26. The molecule has 0 radical (unpaired) electrons. The molecule has 2 unspecified atom stereocenters. The Labute approximate surface area is 207 Å². The molecule has 0 bridgehead atoms. The van der Waals surface area contributed by atoms with Gasteiger partial charge >= 0.3 is 29.6 Å². The number of unbranched alkanes of at least 4 members (excludes halogenated alkanes) is 8. The minimum atomic E-state index is -4.37. The maximum atomic E-state index is 11.3. The summed E-state index contributed by atoms with van der Waals surface area (Å²) in [5, 5.41) is -1.07. The first-order chi connectivity index (χ1) is 13.8. The first-order valence-corrected chi connectivity index (χ1v) is 13.0. The fraction of sp³-hybridized carbons (Fsp3) is 0.750. The van der Waals surface area contributed by atoms with Gasteiger partial charge in [-0.25, -0.2) is 8.42 Å². The fourth-order valence-electron chi connectivity index (χ4n) is 3.48. The summed E-state index contributed by atoms with van der Waals surface area (Å²) >= 11 is 0. The maximum absolute atomic E-state index is 11.3. The van der Waals surface area contributed by atoms with E-state index in [-0.39, 0.29) is 29.6 Å². The molecule has 0 spiro atoms. The van der Waals surface area contributed by atoms with Crippen molar-refractivity contribution in [2.45, 2.75) is 116 Å². The Kier molecular flexibility index (Phi) is 16.5. The Morgan fingerprint density at radius 2 is 1.40 bits per heavy atom. The van der Waals surface area contributed by atoms with Gasteiger partial charge in [0.1, 0.15) is 22.0 Å². The normalized spacial score (nSPS) is 13.5. The molecule has 0 aliphatic rings. The number of rotatable bonds is 16. The van der Waals surface area contributed by atoms with Gasteiger partial charge in [-0.05, 0) is 56.7 Å². The van der Waals surface area contributed by atoms with E-state index in [0.29, 0.717) is 0 Å². The van der Waals surface area contributed by atoms with Gasteiger partial charge in [-0.15, -0.1) is 0 Å². The minimum Gasteiger partial charge on any atom is -0.748 e. The van der Waals surface area contributed by atoms with Gasteiger partial charge in [0.05, 0.1) is 5.25 Å². The molecule has 0 aromatic heterocycles. The summed E-state index contributed by atoms with van der Waals surface area (Å²) < 4.78 is 39.9. The van der Waals surface area contributed by atoms with Crippen molar-refractivity contribution in [1.82, 2.24) is 0 Å². The van der Waals surface area contributed by atoms with Crippen LogP contribution in [-0.4, -0.2) is 24.3 Å². The van der Waals surface area contributed by atoms with Crippen molar-refractivity contribution >= 4 is 10.1 Å². The summed E-state index contributed by atoms with van der Waals surface area (Å²) in [5.74, 6) is 0.721. The van der Waals surface area contributed by atoms with E-state index in [0.717, 1.165) is 30.6 Å². The zero-order valence-electron chi connectivity index (χ0n) is 19.9. The molecule has 1 aromatic carbocycles. The molecule has 30 heavy (non-hydrogen) atoms. The quantitative estimate of drug-likeness (QED) is 0.221. The van der Waals surface area contributed by atoms with Gasteiger partial charge in [0, 0.05) is 0 Å². The van der Waals surface area contributed by atoms with Crippen LogP contribution >= 0.6 is 0 Å². The summed E-state index contributed by atoms with van der Waals surface area (Å²) in [7, 11) is -4.37. The van der Waals surface area contributed by atoms with Crippen LogP contribution in [0.25, 0.3) is 0 Å². The van der Waals surface area contributed by atoms with E-state index in [9.17, 15) is 13.0 Å². The maximum Gasteiger partial charge on any atom is 1.00 e. The number of hydrogen-bond donors (Lipinski definition) is 0. The van der Waals surface area contributed by atoms with Gasteiger partial charge in [0.2, 0.25) is 0 Å². The molecule has 1 aromatic rings. The van der Waals surface area contributed by atoms with Crippen LogP contribution in [0.4, 0.5) is 0 Å². The molecule has 0 aliphatic carbocycles. The van der Waals surface area contributed by atoms with E-state index < -0.39 is 21.5 Å².